The Morgan fingerprint density at radius 2 is 0.840 bits per heavy atom. The molecular weight excluding hydrogens is 767 g/mol. The van der Waals surface area contributed by atoms with Gasteiger partial charge in [-0.25, -0.2) is 0 Å². The van der Waals surface area contributed by atoms with Crippen molar-refractivity contribution in [3.8, 4) is 22.3 Å². The van der Waals surface area contributed by atoms with Gasteiger partial charge in [-0.3, -0.25) is 0 Å². The SMILES string of the molecule is Cc1ccc(C2(c3ccc(C)cc3)C3=Cc4c(-c5cccc(C)c5)cccc4[CH]3[Hf]([CH3])([CH3])[CH]3C2=Cc2c(-c4cccc(C)c4)cccc23)cc1. The summed E-state index contributed by atoms with van der Waals surface area (Å²) in [5.74, 6) is 0. The van der Waals surface area contributed by atoms with E-state index >= 15 is 0 Å². The van der Waals surface area contributed by atoms with Crippen LogP contribution in [0.25, 0.3) is 34.4 Å². The summed E-state index contributed by atoms with van der Waals surface area (Å²) < 4.78 is 6.42. The Bertz CT molecular complexity index is 2210. The van der Waals surface area contributed by atoms with E-state index in [2.05, 4.69) is 183 Å². The van der Waals surface area contributed by atoms with E-state index < -0.39 is 25.4 Å². The number of fused-ring (bicyclic) bond motifs is 6. The third kappa shape index (κ3) is 4.59. The fourth-order valence-electron chi connectivity index (χ4n) is 9.96. The van der Waals surface area contributed by atoms with Gasteiger partial charge in [-0.05, 0) is 0 Å². The van der Waals surface area contributed by atoms with Crippen molar-refractivity contribution >= 4 is 12.2 Å². The quantitative estimate of drug-likeness (QED) is 0.156. The molecule has 50 heavy (non-hydrogen) atoms. The molecular formula is C49H44Hf. The zero-order valence-corrected chi connectivity index (χ0v) is 33.6. The molecule has 1 heterocycles. The first kappa shape index (κ1) is 31.6. The molecule has 3 aliphatic rings. The number of allylic oxidation sites excluding steroid dienone is 2. The minimum absolute atomic E-state index is 0.391. The number of hydrogen-bond acceptors (Lipinski definition) is 0. The second kappa shape index (κ2) is 11.6. The molecule has 0 spiro atoms. The Hall–Kier alpha value is -4.33. The molecule has 1 aliphatic heterocycles. The molecule has 0 radical (unpaired) electrons. The van der Waals surface area contributed by atoms with E-state index in [1.807, 2.05) is 0 Å². The average molecular weight is 811 g/mol. The average Bonchev–Trinajstić information content (AvgIpc) is 3.71. The molecule has 0 bridgehead atoms. The monoisotopic (exact) mass is 812 g/mol. The molecule has 1 fully saturated rings. The van der Waals surface area contributed by atoms with Crippen LogP contribution < -0.4 is 0 Å². The van der Waals surface area contributed by atoms with Crippen molar-refractivity contribution in [3.63, 3.8) is 0 Å². The molecule has 6 aromatic rings. The van der Waals surface area contributed by atoms with E-state index in [0.29, 0.717) is 7.35 Å². The van der Waals surface area contributed by atoms with Crippen molar-refractivity contribution < 1.29 is 20.0 Å². The maximum atomic E-state index is 2.76. The van der Waals surface area contributed by atoms with E-state index in [9.17, 15) is 0 Å². The van der Waals surface area contributed by atoms with Crippen LogP contribution in [-0.4, -0.2) is 0 Å². The van der Waals surface area contributed by atoms with Gasteiger partial charge in [0.15, 0.2) is 0 Å². The summed E-state index contributed by atoms with van der Waals surface area (Å²) in [7, 11) is 0. The van der Waals surface area contributed by atoms with Crippen LogP contribution in [0, 0.1) is 27.7 Å². The maximum absolute atomic E-state index is 3.36. The molecule has 0 nitrogen and oxygen atoms in total. The molecule has 6 aromatic carbocycles. The summed E-state index contributed by atoms with van der Waals surface area (Å²) in [5, 5.41) is 0. The molecule has 0 amide bonds. The first-order valence-electron chi connectivity index (χ1n) is 18.2. The third-order valence-electron chi connectivity index (χ3n) is 12.1. The molecule has 1 saturated heterocycles. The van der Waals surface area contributed by atoms with Crippen molar-refractivity contribution in [1.82, 2.24) is 0 Å². The summed E-state index contributed by atoms with van der Waals surface area (Å²) in [4.78, 5) is 0. The Balaban J connectivity index is 1.41. The molecule has 244 valence electrons. The van der Waals surface area contributed by atoms with Gasteiger partial charge >= 0.3 is 304 Å². The predicted molar refractivity (Wildman–Crippen MR) is 210 cm³/mol. The van der Waals surface area contributed by atoms with Gasteiger partial charge in [0.1, 0.15) is 0 Å². The first-order chi connectivity index (χ1) is 24.2. The predicted octanol–water partition coefficient (Wildman–Crippen LogP) is 13.1. The molecule has 1 heteroatoms. The number of hydrogen-bond donors (Lipinski definition) is 0. The molecule has 0 saturated carbocycles. The van der Waals surface area contributed by atoms with E-state index in [1.54, 1.807) is 22.3 Å². The second-order valence-corrected chi connectivity index (χ2v) is 33.0. The normalized spacial score (nSPS) is 19.2. The fourth-order valence-corrected chi connectivity index (χ4v) is 26.6. The van der Waals surface area contributed by atoms with Crippen molar-refractivity contribution in [2.75, 3.05) is 0 Å². The van der Waals surface area contributed by atoms with Gasteiger partial charge in [0, 0.05) is 0 Å². The van der Waals surface area contributed by atoms with E-state index in [1.165, 1.54) is 66.8 Å². The van der Waals surface area contributed by atoms with Crippen LogP contribution in [0.3, 0.4) is 0 Å². The Labute approximate surface area is 302 Å². The van der Waals surface area contributed by atoms with Gasteiger partial charge in [0.25, 0.3) is 0 Å². The summed E-state index contributed by atoms with van der Waals surface area (Å²) in [6, 6.07) is 51.6. The summed E-state index contributed by atoms with van der Waals surface area (Å²) in [6.45, 7) is 8.85. The molecule has 2 aliphatic carbocycles. The molecule has 2 unspecified atom stereocenters. The van der Waals surface area contributed by atoms with Crippen LogP contribution in [0.5, 0.6) is 0 Å². The topological polar surface area (TPSA) is 0 Å². The second-order valence-electron chi connectivity index (χ2n) is 15.7. The first-order valence-corrected chi connectivity index (χ1v) is 29.5. The van der Waals surface area contributed by atoms with Crippen LogP contribution in [0.15, 0.2) is 145 Å². The van der Waals surface area contributed by atoms with Crippen LogP contribution in [0.2, 0.25) is 9.36 Å². The Morgan fingerprint density at radius 1 is 0.440 bits per heavy atom. The van der Waals surface area contributed by atoms with Crippen molar-refractivity contribution in [3.05, 3.63) is 200 Å². The molecule has 0 aromatic heterocycles. The van der Waals surface area contributed by atoms with Crippen LogP contribution in [-0.2, 0) is 25.4 Å². The van der Waals surface area contributed by atoms with Crippen LogP contribution >= 0.6 is 0 Å². The molecule has 2 atom stereocenters. The van der Waals surface area contributed by atoms with Gasteiger partial charge in [-0.15, -0.1) is 0 Å². The summed E-state index contributed by atoms with van der Waals surface area (Å²) in [5.41, 5.74) is 22.1. The standard InChI is InChI=1S/C47H38.2CH3.Hf/c1-31-17-21-39(22-18-31)47(40-23-19-32(2)20-24-40,41-27-37-13-7-15-43(45(37)29-41)35-11-5-9-33(3)25-35)42-28-38-14-8-16-44(46(38)30-42)36-12-6-10-34(4)26-36;;;/h5-30H,1-4H3;2*1H3;. The minimum atomic E-state index is -3.36. The molecule has 9 rings (SSSR count). The van der Waals surface area contributed by atoms with Crippen LogP contribution in [0.4, 0.5) is 0 Å². The zero-order valence-electron chi connectivity index (χ0n) is 30.0. The van der Waals surface area contributed by atoms with Crippen molar-refractivity contribution in [2.45, 2.75) is 49.8 Å². The number of rotatable bonds is 4. The summed E-state index contributed by atoms with van der Waals surface area (Å²) >= 11 is -3.36. The number of benzene rings is 6. The van der Waals surface area contributed by atoms with Crippen molar-refractivity contribution in [1.29, 1.82) is 0 Å². The van der Waals surface area contributed by atoms with Gasteiger partial charge in [0.2, 0.25) is 0 Å². The Morgan fingerprint density at radius 3 is 1.24 bits per heavy atom. The van der Waals surface area contributed by atoms with Gasteiger partial charge < -0.3 is 0 Å². The molecule has 0 N–H and O–H groups in total. The van der Waals surface area contributed by atoms with Gasteiger partial charge in [0.05, 0.1) is 0 Å². The zero-order chi connectivity index (χ0) is 34.4. The van der Waals surface area contributed by atoms with E-state index in [4.69, 9.17) is 0 Å². The van der Waals surface area contributed by atoms with Gasteiger partial charge in [-0.1, -0.05) is 0 Å². The van der Waals surface area contributed by atoms with Gasteiger partial charge in [-0.2, -0.15) is 0 Å². The van der Waals surface area contributed by atoms with E-state index in [0.717, 1.165) is 0 Å². The van der Waals surface area contributed by atoms with Crippen LogP contribution in [0.1, 0.15) is 63.0 Å². The fraction of sp³-hybridized carbons (Fsp3) is 0.184. The number of aryl methyl sites for hydroxylation is 4. The van der Waals surface area contributed by atoms with Crippen molar-refractivity contribution in [2.24, 2.45) is 0 Å². The third-order valence-corrected chi connectivity index (χ3v) is 27.3. The summed E-state index contributed by atoms with van der Waals surface area (Å²) in [6.07, 6.45) is 5.33. The van der Waals surface area contributed by atoms with E-state index in [-0.39, 0.29) is 0 Å². The Kier molecular flexibility index (Phi) is 7.34.